The van der Waals surface area contributed by atoms with Gasteiger partial charge in [-0.1, -0.05) is 6.08 Å². The number of hydrogen-bond donors (Lipinski definition) is 0. The van der Waals surface area contributed by atoms with E-state index in [2.05, 4.69) is 0 Å². The molecule has 0 radical (unpaired) electrons. The van der Waals surface area contributed by atoms with Gasteiger partial charge in [-0.2, -0.15) is 0 Å². The predicted octanol–water partition coefficient (Wildman–Crippen LogP) is 0.752. The maximum Gasteiger partial charge on any atom is 0.317 e. The van der Waals surface area contributed by atoms with E-state index >= 15 is 0 Å². The lowest BCUT2D eigenvalue weighted by molar-refractivity contribution is -0.144. The molecule has 3 heteroatoms. The van der Waals surface area contributed by atoms with E-state index in [1.165, 1.54) is 0 Å². The van der Waals surface area contributed by atoms with Crippen LogP contribution in [0.1, 0.15) is 6.92 Å². The first kappa shape index (κ1) is 8.27. The van der Waals surface area contributed by atoms with Gasteiger partial charge < -0.3 is 9.47 Å². The van der Waals surface area contributed by atoms with Crippen molar-refractivity contribution in [2.45, 2.75) is 6.92 Å². The van der Waals surface area contributed by atoms with Crippen LogP contribution < -0.4 is 0 Å². The molecule has 1 atom stereocenters. The highest BCUT2D eigenvalue weighted by molar-refractivity contribution is 5.83. The minimum Gasteiger partial charge on any atom is -0.465 e. The molecule has 0 amide bonds. The Balaban J connectivity index is 2.18. The Labute approximate surface area is 66.0 Å². The fourth-order valence-electron chi connectivity index (χ4n) is 0.922. The van der Waals surface area contributed by atoms with Crippen LogP contribution in [-0.2, 0) is 14.3 Å². The van der Waals surface area contributed by atoms with Crippen LogP contribution in [-0.4, -0.2) is 26.3 Å². The van der Waals surface area contributed by atoms with Gasteiger partial charge in [0.05, 0.1) is 19.1 Å². The standard InChI is InChI=1S/C8H12O3/c1-3-11-8(9)7-4-6(7)5-10-2/h4,7H,3,5H2,1-2H3/t7-/m1/s1. The fraction of sp³-hybridized carbons (Fsp3) is 0.625. The fourth-order valence-corrected chi connectivity index (χ4v) is 0.922. The molecule has 3 nitrogen and oxygen atoms in total. The topological polar surface area (TPSA) is 35.5 Å². The SMILES string of the molecule is CCOC(=O)[C@@H]1C=C1COC. The zero-order valence-electron chi connectivity index (χ0n) is 6.79. The lowest BCUT2D eigenvalue weighted by Gasteiger charge is -1.99. The largest absolute Gasteiger partial charge is 0.465 e. The van der Waals surface area contributed by atoms with Gasteiger partial charge in [0.15, 0.2) is 0 Å². The van der Waals surface area contributed by atoms with Crippen LogP contribution in [0.15, 0.2) is 11.6 Å². The maximum atomic E-state index is 11.0. The monoisotopic (exact) mass is 156 g/mol. The van der Waals surface area contributed by atoms with E-state index < -0.39 is 0 Å². The first-order valence-electron chi connectivity index (χ1n) is 3.65. The molecule has 0 spiro atoms. The van der Waals surface area contributed by atoms with Gasteiger partial charge in [-0.05, 0) is 12.5 Å². The Hall–Kier alpha value is -0.830. The average Bonchev–Trinajstić information content (AvgIpc) is 2.69. The molecule has 0 saturated carbocycles. The minimum absolute atomic E-state index is 0.0881. The van der Waals surface area contributed by atoms with Gasteiger partial charge in [-0.25, -0.2) is 0 Å². The van der Waals surface area contributed by atoms with Gasteiger partial charge in [0.2, 0.25) is 0 Å². The molecule has 0 aromatic carbocycles. The molecule has 0 bridgehead atoms. The van der Waals surface area contributed by atoms with E-state index in [9.17, 15) is 4.79 Å². The molecule has 0 fully saturated rings. The van der Waals surface area contributed by atoms with Crippen molar-refractivity contribution in [2.75, 3.05) is 20.3 Å². The van der Waals surface area contributed by atoms with Crippen molar-refractivity contribution in [1.29, 1.82) is 0 Å². The van der Waals surface area contributed by atoms with Crippen LogP contribution >= 0.6 is 0 Å². The smallest absolute Gasteiger partial charge is 0.317 e. The summed E-state index contributed by atoms with van der Waals surface area (Å²) in [6, 6.07) is 0. The van der Waals surface area contributed by atoms with Gasteiger partial charge >= 0.3 is 5.97 Å². The molecule has 62 valence electrons. The van der Waals surface area contributed by atoms with E-state index in [4.69, 9.17) is 9.47 Å². The van der Waals surface area contributed by atoms with Crippen LogP contribution in [0, 0.1) is 5.92 Å². The zero-order chi connectivity index (χ0) is 8.27. The number of ether oxygens (including phenoxy) is 2. The van der Waals surface area contributed by atoms with Crippen molar-refractivity contribution in [3.63, 3.8) is 0 Å². The zero-order valence-corrected chi connectivity index (χ0v) is 6.79. The Morgan fingerprint density at radius 3 is 3.00 bits per heavy atom. The summed E-state index contributed by atoms with van der Waals surface area (Å²) >= 11 is 0. The second-order valence-electron chi connectivity index (χ2n) is 2.40. The highest BCUT2D eigenvalue weighted by Gasteiger charge is 2.32. The summed E-state index contributed by atoms with van der Waals surface area (Å²) < 4.78 is 9.64. The van der Waals surface area contributed by atoms with Crippen molar-refractivity contribution in [3.05, 3.63) is 11.6 Å². The average molecular weight is 156 g/mol. The highest BCUT2D eigenvalue weighted by atomic mass is 16.5. The van der Waals surface area contributed by atoms with Crippen molar-refractivity contribution >= 4 is 5.97 Å². The Kier molecular flexibility index (Phi) is 2.65. The molecule has 0 unspecified atom stereocenters. The van der Waals surface area contributed by atoms with E-state index in [1.807, 2.05) is 6.08 Å². The molecule has 0 aromatic heterocycles. The van der Waals surface area contributed by atoms with Gasteiger partial charge in [0.25, 0.3) is 0 Å². The second-order valence-corrected chi connectivity index (χ2v) is 2.40. The first-order valence-corrected chi connectivity index (χ1v) is 3.65. The molecule has 1 rings (SSSR count). The van der Waals surface area contributed by atoms with E-state index in [0.717, 1.165) is 5.57 Å². The number of esters is 1. The summed E-state index contributed by atoms with van der Waals surface area (Å²) in [7, 11) is 1.61. The summed E-state index contributed by atoms with van der Waals surface area (Å²) in [6.07, 6.45) is 1.86. The summed E-state index contributed by atoms with van der Waals surface area (Å²) in [5, 5.41) is 0. The predicted molar refractivity (Wildman–Crippen MR) is 40.1 cm³/mol. The second kappa shape index (κ2) is 3.53. The lowest BCUT2D eigenvalue weighted by Crippen LogP contribution is -2.09. The van der Waals surface area contributed by atoms with Crippen LogP contribution in [0.5, 0.6) is 0 Å². The number of carbonyl (C=O) groups excluding carboxylic acids is 1. The molecular formula is C8H12O3. The molecule has 11 heavy (non-hydrogen) atoms. The molecule has 1 aliphatic carbocycles. The Morgan fingerprint density at radius 1 is 1.73 bits per heavy atom. The van der Waals surface area contributed by atoms with E-state index in [0.29, 0.717) is 13.2 Å². The van der Waals surface area contributed by atoms with Crippen LogP contribution in [0.4, 0.5) is 0 Å². The highest BCUT2D eigenvalue weighted by Crippen LogP contribution is 2.29. The molecule has 0 heterocycles. The third-order valence-electron chi connectivity index (χ3n) is 1.52. The summed E-state index contributed by atoms with van der Waals surface area (Å²) in [5.41, 5.74) is 1.03. The third kappa shape index (κ3) is 2.05. The molecular weight excluding hydrogens is 144 g/mol. The van der Waals surface area contributed by atoms with Gasteiger partial charge in [-0.15, -0.1) is 0 Å². The third-order valence-corrected chi connectivity index (χ3v) is 1.52. The Morgan fingerprint density at radius 2 is 2.45 bits per heavy atom. The number of methoxy groups -OCH3 is 1. The summed E-state index contributed by atoms with van der Waals surface area (Å²) in [6.45, 7) is 2.79. The van der Waals surface area contributed by atoms with Crippen molar-refractivity contribution < 1.29 is 14.3 Å². The first-order chi connectivity index (χ1) is 5.29. The normalized spacial score (nSPS) is 20.9. The Bertz CT molecular complexity index is 184. The van der Waals surface area contributed by atoms with Crippen molar-refractivity contribution in [2.24, 2.45) is 5.92 Å². The molecule has 1 aliphatic rings. The number of rotatable bonds is 4. The van der Waals surface area contributed by atoms with Crippen LogP contribution in [0.3, 0.4) is 0 Å². The maximum absolute atomic E-state index is 11.0. The lowest BCUT2D eigenvalue weighted by atomic mass is 10.3. The summed E-state index contributed by atoms with van der Waals surface area (Å²) in [5.74, 6) is -0.241. The van der Waals surface area contributed by atoms with Crippen molar-refractivity contribution in [1.82, 2.24) is 0 Å². The minimum atomic E-state index is -0.153. The van der Waals surface area contributed by atoms with Crippen LogP contribution in [0.25, 0.3) is 0 Å². The van der Waals surface area contributed by atoms with Gasteiger partial charge in [-0.3, -0.25) is 4.79 Å². The number of hydrogen-bond acceptors (Lipinski definition) is 3. The van der Waals surface area contributed by atoms with Crippen molar-refractivity contribution in [3.8, 4) is 0 Å². The molecule has 0 aliphatic heterocycles. The number of carbonyl (C=O) groups is 1. The molecule has 0 saturated heterocycles. The van der Waals surface area contributed by atoms with Gasteiger partial charge in [0, 0.05) is 7.11 Å². The van der Waals surface area contributed by atoms with Crippen LogP contribution in [0.2, 0.25) is 0 Å². The molecule has 0 aromatic rings. The summed E-state index contributed by atoms with van der Waals surface area (Å²) in [4.78, 5) is 11.0. The quantitative estimate of drug-likeness (QED) is 0.445. The van der Waals surface area contributed by atoms with E-state index in [1.54, 1.807) is 14.0 Å². The van der Waals surface area contributed by atoms with Gasteiger partial charge in [0.1, 0.15) is 0 Å². The van der Waals surface area contributed by atoms with E-state index in [-0.39, 0.29) is 11.9 Å². The molecule has 0 N–H and O–H groups in total.